The van der Waals surface area contributed by atoms with Crippen LogP contribution in [0.3, 0.4) is 0 Å². The van der Waals surface area contributed by atoms with Crippen LogP contribution in [-0.2, 0) is 6.42 Å². The minimum Gasteiger partial charge on any atom is -0.479 e. The van der Waals surface area contributed by atoms with Crippen molar-refractivity contribution in [2.24, 2.45) is 0 Å². The Labute approximate surface area is 121 Å². The van der Waals surface area contributed by atoms with Gasteiger partial charge in [0.05, 0.1) is 23.9 Å². The van der Waals surface area contributed by atoms with Gasteiger partial charge in [-0.3, -0.25) is 4.79 Å². The molecule has 0 aliphatic carbocycles. The van der Waals surface area contributed by atoms with Gasteiger partial charge in [0.2, 0.25) is 5.76 Å². The molecule has 0 bridgehead atoms. The van der Waals surface area contributed by atoms with E-state index in [2.05, 4.69) is 5.16 Å². The zero-order chi connectivity index (χ0) is 14.1. The number of ether oxygens (including phenoxy) is 1. The van der Waals surface area contributed by atoms with E-state index < -0.39 is 0 Å². The van der Waals surface area contributed by atoms with Crippen molar-refractivity contribution in [3.8, 4) is 5.88 Å². The molecule has 1 aliphatic rings. The van der Waals surface area contributed by atoms with E-state index in [1.807, 2.05) is 12.1 Å². The van der Waals surface area contributed by atoms with Crippen molar-refractivity contribution in [2.45, 2.75) is 12.8 Å². The topological polar surface area (TPSA) is 55.6 Å². The molecule has 1 aromatic heterocycles. The summed E-state index contributed by atoms with van der Waals surface area (Å²) >= 11 is 6.24. The van der Waals surface area contributed by atoms with Gasteiger partial charge in [0.15, 0.2) is 0 Å². The average molecular weight is 293 g/mol. The van der Waals surface area contributed by atoms with E-state index in [9.17, 15) is 4.79 Å². The van der Waals surface area contributed by atoms with Gasteiger partial charge in [0.25, 0.3) is 11.8 Å². The van der Waals surface area contributed by atoms with Crippen LogP contribution in [0.15, 0.2) is 28.8 Å². The average Bonchev–Trinajstić information content (AvgIpc) is 2.95. The molecule has 6 heteroatoms. The van der Waals surface area contributed by atoms with Gasteiger partial charge in [-0.25, -0.2) is 0 Å². The molecule has 3 rings (SSSR count). The van der Waals surface area contributed by atoms with Gasteiger partial charge in [0.1, 0.15) is 0 Å². The highest BCUT2D eigenvalue weighted by Gasteiger charge is 2.28. The summed E-state index contributed by atoms with van der Waals surface area (Å²) in [6.07, 6.45) is 1.81. The lowest BCUT2D eigenvalue weighted by Gasteiger charge is -2.29. The van der Waals surface area contributed by atoms with Crippen LogP contribution in [0.5, 0.6) is 5.88 Å². The van der Waals surface area contributed by atoms with Crippen molar-refractivity contribution in [3.05, 3.63) is 40.6 Å². The van der Waals surface area contributed by atoms with E-state index in [0.29, 0.717) is 11.6 Å². The first kappa shape index (κ1) is 13.0. The van der Waals surface area contributed by atoms with Crippen molar-refractivity contribution in [1.82, 2.24) is 5.16 Å². The smallest absolute Gasteiger partial charge is 0.297 e. The molecule has 0 radical (unpaired) electrons. The summed E-state index contributed by atoms with van der Waals surface area (Å²) < 4.78 is 9.94. The lowest BCUT2D eigenvalue weighted by Crippen LogP contribution is -2.35. The van der Waals surface area contributed by atoms with Gasteiger partial charge < -0.3 is 14.2 Å². The second-order valence-corrected chi connectivity index (χ2v) is 4.95. The lowest BCUT2D eigenvalue weighted by atomic mass is 10.0. The van der Waals surface area contributed by atoms with Gasteiger partial charge in [-0.15, -0.1) is 0 Å². The molecule has 5 nitrogen and oxygen atoms in total. The van der Waals surface area contributed by atoms with E-state index in [-0.39, 0.29) is 17.5 Å². The summed E-state index contributed by atoms with van der Waals surface area (Å²) in [5, 5.41) is 4.22. The molecular formula is C14H13ClN2O3. The highest BCUT2D eigenvalue weighted by molar-refractivity contribution is 6.34. The van der Waals surface area contributed by atoms with Crippen LogP contribution in [0.4, 0.5) is 5.69 Å². The second-order valence-electron chi connectivity index (χ2n) is 4.54. The first-order valence-corrected chi connectivity index (χ1v) is 6.68. The molecule has 0 saturated heterocycles. The highest BCUT2D eigenvalue weighted by atomic mass is 35.5. The van der Waals surface area contributed by atoms with E-state index in [1.165, 1.54) is 13.2 Å². The number of methoxy groups -OCH3 is 1. The predicted molar refractivity (Wildman–Crippen MR) is 74.5 cm³/mol. The molecule has 0 saturated carbocycles. The standard InChI is InChI=1S/C14H13ClN2O3/c1-19-12-8-11(20-16-12)14(18)17-7-3-5-9-4-2-6-10(15)13(9)17/h2,4,6,8H,3,5,7H2,1H3. The fraction of sp³-hybridized carbons (Fsp3) is 0.286. The summed E-state index contributed by atoms with van der Waals surface area (Å²) in [4.78, 5) is 14.2. The van der Waals surface area contributed by atoms with Crippen molar-refractivity contribution < 1.29 is 14.1 Å². The molecule has 1 aliphatic heterocycles. The summed E-state index contributed by atoms with van der Waals surface area (Å²) in [7, 11) is 1.47. The number of carbonyl (C=O) groups is 1. The van der Waals surface area contributed by atoms with Crippen molar-refractivity contribution >= 4 is 23.2 Å². The molecule has 1 aromatic carbocycles. The number of amides is 1. The van der Waals surface area contributed by atoms with Gasteiger partial charge in [-0.1, -0.05) is 23.7 Å². The number of nitrogens with zero attached hydrogens (tertiary/aromatic N) is 2. The van der Waals surface area contributed by atoms with Crippen LogP contribution < -0.4 is 9.64 Å². The molecule has 0 unspecified atom stereocenters. The largest absolute Gasteiger partial charge is 0.479 e. The first-order valence-electron chi connectivity index (χ1n) is 6.30. The summed E-state index contributed by atoms with van der Waals surface area (Å²) in [6, 6.07) is 7.15. The molecule has 104 valence electrons. The van der Waals surface area contributed by atoms with Crippen LogP contribution in [0.25, 0.3) is 0 Å². The molecule has 0 atom stereocenters. The third-order valence-electron chi connectivity index (χ3n) is 3.32. The zero-order valence-corrected chi connectivity index (χ0v) is 11.7. The minimum absolute atomic E-state index is 0.148. The predicted octanol–water partition coefficient (Wildman–Crippen LogP) is 2.93. The molecule has 20 heavy (non-hydrogen) atoms. The summed E-state index contributed by atoms with van der Waals surface area (Å²) in [5.74, 6) is 0.175. The fourth-order valence-corrected chi connectivity index (χ4v) is 2.69. The van der Waals surface area contributed by atoms with E-state index in [1.54, 1.807) is 11.0 Å². The highest BCUT2D eigenvalue weighted by Crippen LogP contribution is 2.35. The van der Waals surface area contributed by atoms with Crippen LogP contribution in [0.1, 0.15) is 22.5 Å². The maximum absolute atomic E-state index is 12.5. The van der Waals surface area contributed by atoms with Crippen molar-refractivity contribution in [1.29, 1.82) is 0 Å². The number of aryl methyl sites for hydroxylation is 1. The Kier molecular flexibility index (Phi) is 3.36. The number of fused-ring (bicyclic) bond motifs is 1. The number of carbonyl (C=O) groups excluding carboxylic acids is 1. The number of halogens is 1. The van der Waals surface area contributed by atoms with Crippen LogP contribution >= 0.6 is 11.6 Å². The zero-order valence-electron chi connectivity index (χ0n) is 10.9. The molecule has 0 N–H and O–H groups in total. The normalized spacial score (nSPS) is 14.0. The van der Waals surface area contributed by atoms with Crippen LogP contribution in [0, 0.1) is 0 Å². The summed E-state index contributed by atoms with van der Waals surface area (Å²) in [5.41, 5.74) is 1.84. The monoisotopic (exact) mass is 292 g/mol. The fourth-order valence-electron chi connectivity index (χ4n) is 2.40. The maximum Gasteiger partial charge on any atom is 0.297 e. The SMILES string of the molecule is COc1cc(C(=O)N2CCCc3cccc(Cl)c32)on1. The van der Waals surface area contributed by atoms with Gasteiger partial charge in [-0.05, 0) is 29.6 Å². The third kappa shape index (κ3) is 2.14. The molecule has 2 aromatic rings. The van der Waals surface area contributed by atoms with Crippen molar-refractivity contribution in [2.75, 3.05) is 18.6 Å². The van der Waals surface area contributed by atoms with E-state index in [4.69, 9.17) is 20.9 Å². The van der Waals surface area contributed by atoms with Crippen molar-refractivity contribution in [3.63, 3.8) is 0 Å². The number of hydrogen-bond acceptors (Lipinski definition) is 4. The Morgan fingerprint density at radius 2 is 2.35 bits per heavy atom. The third-order valence-corrected chi connectivity index (χ3v) is 3.63. The first-order chi connectivity index (χ1) is 9.70. The van der Waals surface area contributed by atoms with Crippen LogP contribution in [0.2, 0.25) is 5.02 Å². The molecule has 0 spiro atoms. The number of hydrogen-bond donors (Lipinski definition) is 0. The number of rotatable bonds is 2. The Hall–Kier alpha value is -2.01. The number of para-hydroxylation sites is 1. The Bertz CT molecular complexity index is 654. The summed E-state index contributed by atoms with van der Waals surface area (Å²) in [6.45, 7) is 0.610. The quantitative estimate of drug-likeness (QED) is 0.854. The number of anilines is 1. The Balaban J connectivity index is 1.98. The lowest BCUT2D eigenvalue weighted by molar-refractivity contribution is 0.0949. The maximum atomic E-state index is 12.5. The number of benzene rings is 1. The Morgan fingerprint density at radius 1 is 1.50 bits per heavy atom. The van der Waals surface area contributed by atoms with Gasteiger partial charge in [-0.2, -0.15) is 0 Å². The molecule has 2 heterocycles. The molecular weight excluding hydrogens is 280 g/mol. The molecule has 1 amide bonds. The van der Waals surface area contributed by atoms with Crippen LogP contribution in [-0.4, -0.2) is 24.7 Å². The number of aromatic nitrogens is 1. The second kappa shape index (κ2) is 5.17. The molecule has 0 fully saturated rings. The van der Waals surface area contributed by atoms with Gasteiger partial charge in [0, 0.05) is 6.54 Å². The minimum atomic E-state index is -0.255. The van der Waals surface area contributed by atoms with Gasteiger partial charge >= 0.3 is 0 Å². The van der Waals surface area contributed by atoms with E-state index in [0.717, 1.165) is 24.1 Å². The van der Waals surface area contributed by atoms with E-state index >= 15 is 0 Å². The Morgan fingerprint density at radius 3 is 3.10 bits per heavy atom.